The quantitative estimate of drug-likeness (QED) is 0.187. The molecule has 6 rings (SSSR count). The Balaban J connectivity index is 1.16. The summed E-state index contributed by atoms with van der Waals surface area (Å²) in [7, 11) is 7.72. The first-order valence-corrected chi connectivity index (χ1v) is 15.1. The van der Waals surface area contributed by atoms with E-state index in [1.54, 1.807) is 47.5 Å². The molecule has 0 amide bonds. The van der Waals surface area contributed by atoms with Crippen molar-refractivity contribution in [1.82, 2.24) is 44.8 Å². The minimum absolute atomic E-state index is 0.562. The summed E-state index contributed by atoms with van der Waals surface area (Å²) in [6.45, 7) is 4.26. The molecule has 0 aliphatic rings. The van der Waals surface area contributed by atoms with Crippen LogP contribution in [0, 0.1) is 0 Å². The number of hydrogen-bond acceptors (Lipinski definition) is 16. The lowest BCUT2D eigenvalue weighted by molar-refractivity contribution is 0.303. The predicted molar refractivity (Wildman–Crippen MR) is 172 cm³/mol. The number of aromatic nitrogens is 8. The van der Waals surface area contributed by atoms with E-state index < -0.39 is 0 Å². The fourth-order valence-electron chi connectivity index (χ4n) is 4.53. The van der Waals surface area contributed by atoms with Crippen LogP contribution in [0.25, 0.3) is 41.1 Å². The molecule has 0 bridgehead atoms. The van der Waals surface area contributed by atoms with E-state index >= 15 is 0 Å². The largest absolute Gasteiger partial charge is 0.367 e. The van der Waals surface area contributed by atoms with Gasteiger partial charge in [0.25, 0.3) is 0 Å². The van der Waals surface area contributed by atoms with Crippen LogP contribution in [0.15, 0.2) is 24.8 Å². The zero-order valence-electron chi connectivity index (χ0n) is 23.9. The summed E-state index contributed by atoms with van der Waals surface area (Å²) in [5, 5.41) is 7.07. The number of rotatable bonds is 12. The number of nitrogens with zero attached hydrogens (tertiary/aromatic N) is 11. The molecule has 0 aliphatic heterocycles. The molecule has 42 heavy (non-hydrogen) atoms. The number of nitrogens with one attached hydrogen (secondary N) is 2. The average Bonchev–Trinajstić information content (AvgIpc) is 3.56. The highest BCUT2D eigenvalue weighted by molar-refractivity contribution is 7.26. The first-order valence-electron chi connectivity index (χ1n) is 13.5. The maximum Gasteiger partial charge on any atom is 0.227 e. The lowest BCUT2D eigenvalue weighted by Gasteiger charge is -2.22. The normalized spacial score (nSPS) is 11.8. The van der Waals surface area contributed by atoms with Gasteiger partial charge in [0.15, 0.2) is 0 Å². The number of thiophene rings is 2. The molecule has 4 N–H and O–H groups in total. The van der Waals surface area contributed by atoms with Gasteiger partial charge >= 0.3 is 0 Å². The number of fused-ring (bicyclic) bond motifs is 6. The van der Waals surface area contributed by atoms with Crippen LogP contribution in [-0.4, -0.2) is 112 Å². The van der Waals surface area contributed by atoms with Crippen molar-refractivity contribution in [1.29, 1.82) is 0 Å². The van der Waals surface area contributed by atoms with Crippen molar-refractivity contribution in [2.75, 3.05) is 87.9 Å². The third-order valence-electron chi connectivity index (χ3n) is 6.57. The molecule has 6 heterocycles. The summed E-state index contributed by atoms with van der Waals surface area (Å²) in [6, 6.07) is 0. The van der Waals surface area contributed by atoms with Crippen molar-refractivity contribution in [2.45, 2.75) is 0 Å². The van der Waals surface area contributed by atoms with E-state index in [-0.39, 0.29) is 0 Å². The second-order valence-electron chi connectivity index (χ2n) is 10.00. The Morgan fingerprint density at radius 1 is 0.619 bits per heavy atom. The fraction of sp³-hybridized carbons (Fsp3) is 0.385. The van der Waals surface area contributed by atoms with Gasteiger partial charge in [0.2, 0.25) is 11.9 Å². The molecule has 0 aliphatic carbocycles. The van der Waals surface area contributed by atoms with Gasteiger partial charge in [-0.05, 0) is 0 Å². The molecule has 0 atom stereocenters. The van der Waals surface area contributed by atoms with Crippen LogP contribution in [0.2, 0.25) is 0 Å². The molecule has 0 saturated heterocycles. The Bertz CT molecular complexity index is 1720. The van der Waals surface area contributed by atoms with Crippen molar-refractivity contribution in [3.8, 4) is 0 Å². The van der Waals surface area contributed by atoms with Gasteiger partial charge in [0, 0.05) is 92.2 Å². The lowest BCUT2D eigenvalue weighted by atomic mass is 10.3. The minimum atomic E-state index is 0.562. The molecule has 14 nitrogen and oxygen atoms in total. The van der Waals surface area contributed by atoms with E-state index in [1.807, 2.05) is 38.0 Å². The van der Waals surface area contributed by atoms with Crippen LogP contribution >= 0.6 is 22.7 Å². The summed E-state index contributed by atoms with van der Waals surface area (Å²) in [5.41, 5.74) is 9.19. The predicted octanol–water partition coefficient (Wildman–Crippen LogP) is 2.50. The van der Waals surface area contributed by atoms with Gasteiger partial charge in [-0.3, -0.25) is 4.90 Å². The standard InChI is InChI=1S/C26H32N14S2/c1-38(2)25-34-15-17-23(32-8-6-28-17)41-19(15)21(36-25)30-10-13-40(12-5-27)14-11-31-22-20-16(35-26(37-22)39(3)4)18-24(42-20)33-9-7-29-18/h6-9H,5,10-14,27H2,1-4H3,(H,30,34,36)(H,31,35,37). The SMILES string of the molecule is CN(C)c1nc(NCCN(CCN)CCNc2nc(N(C)C)nc3c2sc2nccnc23)c2sc3nccnc3c2n1. The molecular weight excluding hydrogens is 573 g/mol. The van der Waals surface area contributed by atoms with Gasteiger partial charge < -0.3 is 26.2 Å². The molecular formula is C26H32N14S2. The van der Waals surface area contributed by atoms with E-state index in [0.29, 0.717) is 31.5 Å². The van der Waals surface area contributed by atoms with E-state index in [0.717, 1.165) is 72.4 Å². The summed E-state index contributed by atoms with van der Waals surface area (Å²) >= 11 is 3.10. The van der Waals surface area contributed by atoms with Crippen LogP contribution in [0.5, 0.6) is 0 Å². The summed E-state index contributed by atoms with van der Waals surface area (Å²) in [6.07, 6.45) is 6.79. The smallest absolute Gasteiger partial charge is 0.227 e. The Hall–Kier alpha value is -4.12. The van der Waals surface area contributed by atoms with Gasteiger partial charge in [-0.15, -0.1) is 22.7 Å². The minimum Gasteiger partial charge on any atom is -0.367 e. The van der Waals surface area contributed by atoms with Crippen LogP contribution in [0.3, 0.4) is 0 Å². The molecule has 6 aromatic heterocycles. The number of nitrogens with two attached hydrogens (primary N) is 1. The van der Waals surface area contributed by atoms with Gasteiger partial charge in [-0.1, -0.05) is 0 Å². The maximum atomic E-state index is 5.98. The lowest BCUT2D eigenvalue weighted by Crippen LogP contribution is -2.37. The molecule has 0 unspecified atom stereocenters. The van der Waals surface area contributed by atoms with Crippen molar-refractivity contribution in [2.24, 2.45) is 5.73 Å². The first-order chi connectivity index (χ1) is 20.4. The van der Waals surface area contributed by atoms with Crippen molar-refractivity contribution in [3.63, 3.8) is 0 Å². The van der Waals surface area contributed by atoms with Gasteiger partial charge in [-0.2, -0.15) is 9.97 Å². The zero-order chi connectivity index (χ0) is 29.2. The van der Waals surface area contributed by atoms with Gasteiger partial charge in [0.1, 0.15) is 43.4 Å². The highest BCUT2D eigenvalue weighted by Gasteiger charge is 2.18. The Labute approximate surface area is 250 Å². The van der Waals surface area contributed by atoms with Gasteiger partial charge in [0.05, 0.1) is 9.40 Å². The summed E-state index contributed by atoms with van der Waals surface area (Å²) in [4.78, 5) is 44.8. The van der Waals surface area contributed by atoms with E-state index in [4.69, 9.17) is 25.7 Å². The molecule has 0 fully saturated rings. The third-order valence-corrected chi connectivity index (χ3v) is 8.74. The molecule has 16 heteroatoms. The molecule has 0 radical (unpaired) electrons. The van der Waals surface area contributed by atoms with Crippen LogP contribution < -0.4 is 26.2 Å². The number of hydrogen-bond donors (Lipinski definition) is 3. The third kappa shape index (κ3) is 5.53. The van der Waals surface area contributed by atoms with Crippen LogP contribution in [0.1, 0.15) is 0 Å². The maximum absolute atomic E-state index is 5.98. The zero-order valence-corrected chi connectivity index (χ0v) is 25.5. The van der Waals surface area contributed by atoms with E-state index in [2.05, 4.69) is 35.5 Å². The fourth-order valence-corrected chi connectivity index (χ4v) is 6.55. The van der Waals surface area contributed by atoms with Gasteiger partial charge in [-0.25, -0.2) is 29.9 Å². The summed E-state index contributed by atoms with van der Waals surface area (Å²) in [5.74, 6) is 2.81. The Kier molecular flexibility index (Phi) is 8.01. The van der Waals surface area contributed by atoms with Crippen LogP contribution in [0.4, 0.5) is 23.5 Å². The van der Waals surface area contributed by atoms with Crippen LogP contribution in [-0.2, 0) is 0 Å². The van der Waals surface area contributed by atoms with Crippen molar-refractivity contribution < 1.29 is 0 Å². The Morgan fingerprint density at radius 3 is 1.50 bits per heavy atom. The Morgan fingerprint density at radius 2 is 1.07 bits per heavy atom. The molecule has 0 aromatic carbocycles. The molecule has 218 valence electrons. The second kappa shape index (κ2) is 12.0. The van der Waals surface area contributed by atoms with Crippen molar-refractivity contribution in [3.05, 3.63) is 24.8 Å². The highest BCUT2D eigenvalue weighted by Crippen LogP contribution is 2.36. The molecule has 0 spiro atoms. The molecule has 6 aromatic rings. The topological polar surface area (TPSA) is 163 Å². The number of anilines is 4. The summed E-state index contributed by atoms with van der Waals surface area (Å²) < 4.78 is 1.90. The second-order valence-corrected chi connectivity index (χ2v) is 12.0. The van der Waals surface area contributed by atoms with Crippen molar-refractivity contribution >= 4 is 87.3 Å². The first kappa shape index (κ1) is 28.0. The monoisotopic (exact) mass is 604 g/mol. The average molecular weight is 605 g/mol. The van der Waals surface area contributed by atoms with E-state index in [9.17, 15) is 0 Å². The molecule has 0 saturated carbocycles. The van der Waals surface area contributed by atoms with E-state index in [1.165, 1.54) is 0 Å². The highest BCUT2D eigenvalue weighted by atomic mass is 32.1.